The average molecular weight is 386 g/mol. The summed E-state index contributed by atoms with van der Waals surface area (Å²) in [7, 11) is 0. The van der Waals surface area contributed by atoms with E-state index in [2.05, 4.69) is 51.5 Å². The number of nitrogens with one attached hydrogen (secondary N) is 1. The van der Waals surface area contributed by atoms with Gasteiger partial charge in [-0.05, 0) is 37.1 Å². The Morgan fingerprint density at radius 1 is 0.963 bits per heavy atom. The van der Waals surface area contributed by atoms with E-state index in [-0.39, 0.29) is 18.0 Å². The van der Waals surface area contributed by atoms with Crippen LogP contribution in [0.4, 0.5) is 0 Å². The maximum Gasteiger partial charge on any atom is 0.234 e. The highest BCUT2D eigenvalue weighted by atomic mass is 35.5. The van der Waals surface area contributed by atoms with Crippen LogP contribution >= 0.6 is 11.6 Å². The topological polar surface area (TPSA) is 35.6 Å². The second kappa shape index (κ2) is 9.36. The molecule has 144 valence electrons. The van der Waals surface area contributed by atoms with Gasteiger partial charge < -0.3 is 5.32 Å². The molecule has 2 aromatic carbocycles. The highest BCUT2D eigenvalue weighted by molar-refractivity contribution is 6.30. The maximum absolute atomic E-state index is 12.0. The van der Waals surface area contributed by atoms with Crippen molar-refractivity contribution in [3.05, 3.63) is 70.7 Å². The Bertz CT molecular complexity index is 725. The van der Waals surface area contributed by atoms with Crippen molar-refractivity contribution in [1.82, 2.24) is 15.1 Å². The van der Waals surface area contributed by atoms with Gasteiger partial charge in [0.15, 0.2) is 0 Å². The third-order valence-corrected chi connectivity index (χ3v) is 5.14. The largest absolute Gasteiger partial charge is 0.353 e. The Kier molecular flexibility index (Phi) is 6.89. The molecule has 1 amide bonds. The van der Waals surface area contributed by atoms with Crippen molar-refractivity contribution in [1.29, 1.82) is 0 Å². The molecule has 27 heavy (non-hydrogen) atoms. The fourth-order valence-corrected chi connectivity index (χ4v) is 3.77. The fraction of sp³-hybridized carbons (Fsp3) is 0.409. The molecule has 1 aliphatic heterocycles. The lowest BCUT2D eigenvalue weighted by molar-refractivity contribution is -0.123. The zero-order valence-corrected chi connectivity index (χ0v) is 16.8. The van der Waals surface area contributed by atoms with E-state index in [1.807, 2.05) is 32.0 Å². The van der Waals surface area contributed by atoms with Gasteiger partial charge in [0.2, 0.25) is 5.91 Å². The van der Waals surface area contributed by atoms with Gasteiger partial charge in [0.25, 0.3) is 0 Å². The summed E-state index contributed by atoms with van der Waals surface area (Å²) in [5, 5.41) is 3.73. The third-order valence-electron chi connectivity index (χ3n) is 4.89. The molecule has 0 aliphatic carbocycles. The van der Waals surface area contributed by atoms with E-state index < -0.39 is 0 Å². The molecule has 0 aromatic heterocycles. The van der Waals surface area contributed by atoms with E-state index >= 15 is 0 Å². The number of halogens is 1. The number of carbonyl (C=O) groups excluding carboxylic acids is 1. The lowest BCUT2D eigenvalue weighted by Crippen LogP contribution is -2.51. The minimum Gasteiger partial charge on any atom is -0.353 e. The standard InChI is InChI=1S/C22H28ClN3O/c1-17(2)24-21(27)16-25-12-14-26(15-13-25)22(18-6-4-3-5-7-18)19-8-10-20(23)11-9-19/h3-11,17,22H,12-16H2,1-2H3,(H,24,27)/t22-/m1/s1. The van der Waals surface area contributed by atoms with Crippen molar-refractivity contribution >= 4 is 17.5 Å². The normalized spacial score (nSPS) is 17.0. The van der Waals surface area contributed by atoms with E-state index in [0.717, 1.165) is 31.2 Å². The zero-order chi connectivity index (χ0) is 19.2. The van der Waals surface area contributed by atoms with Crippen LogP contribution in [0.25, 0.3) is 0 Å². The van der Waals surface area contributed by atoms with Crippen molar-refractivity contribution in [2.75, 3.05) is 32.7 Å². The quantitative estimate of drug-likeness (QED) is 0.825. The minimum absolute atomic E-state index is 0.107. The van der Waals surface area contributed by atoms with Gasteiger partial charge in [0.1, 0.15) is 0 Å². The third kappa shape index (κ3) is 5.55. The molecule has 1 atom stereocenters. The second-order valence-corrected chi connectivity index (χ2v) is 7.84. The molecule has 3 rings (SSSR count). The van der Waals surface area contributed by atoms with Crippen molar-refractivity contribution in [2.45, 2.75) is 25.9 Å². The van der Waals surface area contributed by atoms with Gasteiger partial charge in [-0.2, -0.15) is 0 Å². The summed E-state index contributed by atoms with van der Waals surface area (Å²) >= 11 is 6.09. The monoisotopic (exact) mass is 385 g/mol. The van der Waals surface area contributed by atoms with Crippen molar-refractivity contribution < 1.29 is 4.79 Å². The van der Waals surface area contributed by atoms with Gasteiger partial charge in [-0.15, -0.1) is 0 Å². The molecule has 1 saturated heterocycles. The molecule has 0 unspecified atom stereocenters. The lowest BCUT2D eigenvalue weighted by atomic mass is 9.96. The van der Waals surface area contributed by atoms with Gasteiger partial charge >= 0.3 is 0 Å². The van der Waals surface area contributed by atoms with Crippen LogP contribution in [0.5, 0.6) is 0 Å². The first-order valence-corrected chi connectivity index (χ1v) is 9.97. The zero-order valence-electron chi connectivity index (χ0n) is 16.1. The summed E-state index contributed by atoms with van der Waals surface area (Å²) in [4.78, 5) is 16.8. The predicted octanol–water partition coefficient (Wildman–Crippen LogP) is 3.57. The summed E-state index contributed by atoms with van der Waals surface area (Å²) in [6, 6.07) is 19.1. The number of piperazine rings is 1. The van der Waals surface area contributed by atoms with E-state index in [0.29, 0.717) is 6.54 Å². The van der Waals surface area contributed by atoms with Crippen LogP contribution in [0.1, 0.15) is 31.0 Å². The molecule has 2 aromatic rings. The molecule has 0 radical (unpaired) electrons. The maximum atomic E-state index is 12.0. The Balaban J connectivity index is 1.70. The van der Waals surface area contributed by atoms with Crippen LogP contribution in [0.2, 0.25) is 5.02 Å². The number of hydrogen-bond donors (Lipinski definition) is 1. The average Bonchev–Trinajstić information content (AvgIpc) is 2.65. The van der Waals surface area contributed by atoms with Gasteiger partial charge in [-0.1, -0.05) is 54.1 Å². The van der Waals surface area contributed by atoms with E-state index in [4.69, 9.17) is 11.6 Å². The summed E-state index contributed by atoms with van der Waals surface area (Å²) in [6.45, 7) is 8.10. The number of nitrogens with zero attached hydrogens (tertiary/aromatic N) is 2. The molecule has 1 fully saturated rings. The van der Waals surface area contributed by atoms with Crippen molar-refractivity contribution in [3.8, 4) is 0 Å². The predicted molar refractivity (Wildman–Crippen MR) is 111 cm³/mol. The van der Waals surface area contributed by atoms with E-state index in [1.54, 1.807) is 0 Å². The van der Waals surface area contributed by atoms with Crippen LogP contribution < -0.4 is 5.32 Å². The first-order chi connectivity index (χ1) is 13.0. The summed E-state index contributed by atoms with van der Waals surface area (Å²) < 4.78 is 0. The summed E-state index contributed by atoms with van der Waals surface area (Å²) in [5.74, 6) is 0.107. The molecule has 1 heterocycles. The number of carbonyl (C=O) groups is 1. The van der Waals surface area contributed by atoms with E-state index in [1.165, 1.54) is 11.1 Å². The molecule has 0 saturated carbocycles. The second-order valence-electron chi connectivity index (χ2n) is 7.40. The Morgan fingerprint density at radius 3 is 2.15 bits per heavy atom. The first-order valence-electron chi connectivity index (χ1n) is 9.59. The minimum atomic E-state index is 0.107. The van der Waals surface area contributed by atoms with Crippen molar-refractivity contribution in [3.63, 3.8) is 0 Å². The molecule has 0 bridgehead atoms. The summed E-state index contributed by atoms with van der Waals surface area (Å²) in [6.07, 6.45) is 0. The van der Waals surface area contributed by atoms with Crippen LogP contribution in [0.3, 0.4) is 0 Å². The Hall–Kier alpha value is -1.88. The van der Waals surface area contributed by atoms with Crippen LogP contribution in [0.15, 0.2) is 54.6 Å². The SMILES string of the molecule is CC(C)NC(=O)CN1CCN([C@H](c2ccccc2)c2ccc(Cl)cc2)CC1. The highest BCUT2D eigenvalue weighted by Gasteiger charge is 2.27. The van der Waals surface area contributed by atoms with Gasteiger partial charge in [0.05, 0.1) is 12.6 Å². The van der Waals surface area contributed by atoms with Gasteiger partial charge in [-0.25, -0.2) is 0 Å². The van der Waals surface area contributed by atoms with Crippen molar-refractivity contribution in [2.24, 2.45) is 0 Å². The molecule has 0 spiro atoms. The van der Waals surface area contributed by atoms with Crippen LogP contribution in [-0.2, 0) is 4.79 Å². The molecular formula is C22H28ClN3O. The first kappa shape index (κ1) is 19.9. The number of hydrogen-bond acceptors (Lipinski definition) is 3. The Morgan fingerprint density at radius 2 is 1.56 bits per heavy atom. The molecule has 4 nitrogen and oxygen atoms in total. The van der Waals surface area contributed by atoms with E-state index in [9.17, 15) is 4.79 Å². The van der Waals surface area contributed by atoms with Crippen LogP contribution in [-0.4, -0.2) is 54.5 Å². The number of amides is 1. The number of benzene rings is 2. The molecule has 5 heteroatoms. The fourth-order valence-electron chi connectivity index (χ4n) is 3.64. The molecule has 1 N–H and O–H groups in total. The van der Waals surface area contributed by atoms with Gasteiger partial charge in [0, 0.05) is 37.2 Å². The number of rotatable bonds is 6. The molecule has 1 aliphatic rings. The molecular weight excluding hydrogens is 358 g/mol. The Labute approximate surface area is 167 Å². The van der Waals surface area contributed by atoms with Gasteiger partial charge in [-0.3, -0.25) is 14.6 Å². The highest BCUT2D eigenvalue weighted by Crippen LogP contribution is 2.30. The lowest BCUT2D eigenvalue weighted by Gasteiger charge is -2.39. The summed E-state index contributed by atoms with van der Waals surface area (Å²) in [5.41, 5.74) is 2.53. The smallest absolute Gasteiger partial charge is 0.234 e. The van der Waals surface area contributed by atoms with Crippen LogP contribution in [0, 0.1) is 0 Å².